The van der Waals surface area contributed by atoms with Crippen LogP contribution >= 0.6 is 15.9 Å². The fourth-order valence-electron chi connectivity index (χ4n) is 1.85. The number of fused-ring (bicyclic) bond motifs is 1. The number of aromatic nitrogens is 2. The molecule has 1 heterocycles. The van der Waals surface area contributed by atoms with Gasteiger partial charge in [-0.15, -0.1) is 0 Å². The van der Waals surface area contributed by atoms with Gasteiger partial charge < -0.3 is 10.3 Å². The van der Waals surface area contributed by atoms with Gasteiger partial charge in [0.2, 0.25) is 5.91 Å². The lowest BCUT2D eigenvalue weighted by molar-refractivity contribution is -0.115. The van der Waals surface area contributed by atoms with Crippen LogP contribution in [0.15, 0.2) is 18.2 Å². The summed E-state index contributed by atoms with van der Waals surface area (Å²) in [5, 5.41) is 2.90. The van der Waals surface area contributed by atoms with E-state index in [2.05, 4.69) is 52.0 Å². The first-order chi connectivity index (χ1) is 9.31. The van der Waals surface area contributed by atoms with Gasteiger partial charge in [0.25, 0.3) is 0 Å². The van der Waals surface area contributed by atoms with Crippen LogP contribution in [0, 0.1) is 0 Å². The Morgan fingerprint density at radius 2 is 2.15 bits per heavy atom. The quantitative estimate of drug-likeness (QED) is 0.832. The highest BCUT2D eigenvalue weighted by molar-refractivity contribution is 9.10. The minimum absolute atomic E-state index is 0.0222. The van der Waals surface area contributed by atoms with Gasteiger partial charge in [-0.25, -0.2) is 4.98 Å². The van der Waals surface area contributed by atoms with Gasteiger partial charge in [-0.1, -0.05) is 43.6 Å². The van der Waals surface area contributed by atoms with E-state index in [9.17, 15) is 4.79 Å². The zero-order valence-corrected chi connectivity index (χ0v) is 13.8. The smallest absolute Gasteiger partial charge is 0.238 e. The van der Waals surface area contributed by atoms with Crippen molar-refractivity contribution in [2.24, 2.45) is 0 Å². The summed E-state index contributed by atoms with van der Waals surface area (Å²) in [6.07, 6.45) is 0.756. The van der Waals surface area contributed by atoms with Crippen molar-refractivity contribution >= 4 is 38.6 Å². The van der Waals surface area contributed by atoms with Gasteiger partial charge in [-0.2, -0.15) is 0 Å². The third-order valence-electron chi connectivity index (χ3n) is 3.10. The summed E-state index contributed by atoms with van der Waals surface area (Å²) in [6, 6.07) is 5.72. The number of H-pyrrole nitrogens is 1. The lowest BCUT2D eigenvalue weighted by atomic mass is 9.96. The Morgan fingerprint density at radius 3 is 2.75 bits per heavy atom. The van der Waals surface area contributed by atoms with Gasteiger partial charge in [-0.3, -0.25) is 4.79 Å². The fraction of sp³-hybridized carbons (Fsp3) is 0.467. The van der Waals surface area contributed by atoms with Crippen LogP contribution in [0.25, 0.3) is 11.0 Å². The first-order valence-electron chi connectivity index (χ1n) is 6.76. The van der Waals surface area contributed by atoms with Crippen LogP contribution in [0.5, 0.6) is 0 Å². The number of aromatic amines is 1. The number of hydrogen-bond acceptors (Lipinski definition) is 2. The molecule has 4 nitrogen and oxygen atoms in total. The first kappa shape index (κ1) is 15.0. The second kappa shape index (κ2) is 5.56. The molecule has 1 unspecified atom stereocenters. The number of carbonyl (C=O) groups is 1. The summed E-state index contributed by atoms with van der Waals surface area (Å²) in [5.74, 6) is 0.922. The second-order valence-electron chi connectivity index (χ2n) is 5.93. The largest absolute Gasteiger partial charge is 0.341 e. The number of carbonyl (C=O) groups excluding carboxylic acids is 1. The Hall–Kier alpha value is -1.36. The van der Waals surface area contributed by atoms with Crippen LogP contribution < -0.4 is 5.32 Å². The summed E-state index contributed by atoms with van der Waals surface area (Å²) >= 11 is 3.35. The van der Waals surface area contributed by atoms with Crippen LogP contribution in [0.3, 0.4) is 0 Å². The molecule has 20 heavy (non-hydrogen) atoms. The maximum atomic E-state index is 11.9. The molecule has 2 N–H and O–H groups in total. The average Bonchev–Trinajstić information content (AvgIpc) is 2.80. The van der Waals surface area contributed by atoms with Crippen molar-refractivity contribution in [3.63, 3.8) is 0 Å². The highest BCUT2D eigenvalue weighted by Crippen LogP contribution is 2.24. The van der Waals surface area contributed by atoms with Crippen molar-refractivity contribution in [1.82, 2.24) is 9.97 Å². The predicted octanol–water partition coefficient (Wildman–Crippen LogP) is 3.97. The molecule has 1 aromatic carbocycles. The number of amides is 1. The van der Waals surface area contributed by atoms with Gasteiger partial charge in [0.05, 0.1) is 15.9 Å². The number of benzene rings is 1. The summed E-state index contributed by atoms with van der Waals surface area (Å²) in [5.41, 5.74) is 2.62. The minimum Gasteiger partial charge on any atom is -0.341 e. The van der Waals surface area contributed by atoms with E-state index in [0.717, 1.165) is 29.0 Å². The van der Waals surface area contributed by atoms with Crippen molar-refractivity contribution in [3.05, 3.63) is 24.0 Å². The zero-order chi connectivity index (χ0) is 14.9. The van der Waals surface area contributed by atoms with Crippen molar-refractivity contribution in [1.29, 1.82) is 0 Å². The molecule has 0 aliphatic heterocycles. The number of hydrogen-bond donors (Lipinski definition) is 2. The Morgan fingerprint density at radius 1 is 1.45 bits per heavy atom. The van der Waals surface area contributed by atoms with E-state index in [1.54, 1.807) is 0 Å². The Balaban J connectivity index is 2.27. The van der Waals surface area contributed by atoms with Gasteiger partial charge in [0.15, 0.2) is 0 Å². The van der Waals surface area contributed by atoms with E-state index < -0.39 is 0 Å². The van der Waals surface area contributed by atoms with Crippen LogP contribution in [0.1, 0.15) is 39.9 Å². The van der Waals surface area contributed by atoms with Crippen molar-refractivity contribution in [2.45, 2.75) is 44.4 Å². The van der Waals surface area contributed by atoms with Crippen LogP contribution in [0.4, 0.5) is 5.69 Å². The molecule has 1 atom stereocenters. The number of imidazole rings is 1. The van der Waals surface area contributed by atoms with Crippen molar-refractivity contribution in [3.8, 4) is 0 Å². The monoisotopic (exact) mass is 337 g/mol. The van der Waals surface area contributed by atoms with E-state index in [1.165, 1.54) is 0 Å². The van der Waals surface area contributed by atoms with Crippen molar-refractivity contribution < 1.29 is 4.79 Å². The average molecular weight is 338 g/mol. The maximum Gasteiger partial charge on any atom is 0.238 e. The Bertz CT molecular complexity index is 628. The number of rotatable bonds is 3. The van der Waals surface area contributed by atoms with Crippen molar-refractivity contribution in [2.75, 3.05) is 5.32 Å². The molecule has 5 heteroatoms. The summed E-state index contributed by atoms with van der Waals surface area (Å²) < 4.78 is 0. The van der Waals surface area contributed by atoms with E-state index in [4.69, 9.17) is 0 Å². The first-order valence-corrected chi connectivity index (χ1v) is 7.68. The summed E-state index contributed by atoms with van der Waals surface area (Å²) in [6.45, 7) is 8.31. The molecule has 0 aliphatic carbocycles. The Labute approximate surface area is 127 Å². The standard InChI is InChI=1S/C15H20BrN3O/c1-5-10(16)13(20)17-9-6-7-11-12(8-9)19-14(18-11)15(2,3)4/h6-8,10H,5H2,1-4H3,(H,17,20)(H,18,19). The zero-order valence-electron chi connectivity index (χ0n) is 12.2. The molecule has 0 bridgehead atoms. The van der Waals surface area contributed by atoms with Crippen LogP contribution in [-0.4, -0.2) is 20.7 Å². The van der Waals surface area contributed by atoms with Crippen LogP contribution in [0.2, 0.25) is 0 Å². The van der Waals surface area contributed by atoms with E-state index >= 15 is 0 Å². The summed E-state index contributed by atoms with van der Waals surface area (Å²) in [4.78, 5) is 19.6. The molecule has 0 spiro atoms. The highest BCUT2D eigenvalue weighted by Gasteiger charge is 2.18. The lowest BCUT2D eigenvalue weighted by Crippen LogP contribution is -2.21. The maximum absolute atomic E-state index is 11.9. The molecule has 0 saturated heterocycles. The lowest BCUT2D eigenvalue weighted by Gasteiger charge is -2.13. The fourth-order valence-corrected chi connectivity index (χ4v) is 1.96. The third-order valence-corrected chi connectivity index (χ3v) is 4.17. The Kier molecular flexibility index (Phi) is 4.18. The molecule has 0 fully saturated rings. The number of alkyl halides is 1. The molecule has 0 radical (unpaired) electrons. The topological polar surface area (TPSA) is 57.8 Å². The summed E-state index contributed by atoms with van der Waals surface area (Å²) in [7, 11) is 0. The van der Waals surface area contributed by atoms with Gasteiger partial charge >= 0.3 is 0 Å². The number of nitrogens with one attached hydrogen (secondary N) is 2. The molecule has 1 aromatic heterocycles. The highest BCUT2D eigenvalue weighted by atomic mass is 79.9. The van der Waals surface area contributed by atoms with E-state index in [-0.39, 0.29) is 16.1 Å². The number of nitrogens with zero attached hydrogens (tertiary/aromatic N) is 1. The number of halogens is 1. The molecule has 0 saturated carbocycles. The molecular formula is C15H20BrN3O. The minimum atomic E-state index is -0.162. The van der Waals surface area contributed by atoms with Gasteiger partial charge in [0.1, 0.15) is 5.82 Å². The molecule has 2 aromatic rings. The number of anilines is 1. The third kappa shape index (κ3) is 3.20. The van der Waals surface area contributed by atoms with Gasteiger partial charge in [0, 0.05) is 11.1 Å². The second-order valence-corrected chi connectivity index (χ2v) is 7.04. The molecular weight excluding hydrogens is 318 g/mol. The molecule has 1 amide bonds. The molecule has 0 aliphatic rings. The van der Waals surface area contributed by atoms with Crippen LogP contribution in [-0.2, 0) is 10.2 Å². The van der Waals surface area contributed by atoms with E-state index in [0.29, 0.717) is 0 Å². The predicted molar refractivity (Wildman–Crippen MR) is 86.4 cm³/mol. The molecule has 2 rings (SSSR count). The van der Waals surface area contributed by atoms with E-state index in [1.807, 2.05) is 25.1 Å². The van der Waals surface area contributed by atoms with Gasteiger partial charge in [-0.05, 0) is 24.6 Å². The molecule has 108 valence electrons. The SMILES string of the molecule is CCC(Br)C(=O)Nc1ccc2nc(C(C)(C)C)[nH]c2c1. The normalized spacial score (nSPS) is 13.4.